The Hall–Kier alpha value is -3.35. The van der Waals surface area contributed by atoms with Crippen LogP contribution in [0.2, 0.25) is 0 Å². The smallest absolute Gasteiger partial charge is 0.305 e. The summed E-state index contributed by atoms with van der Waals surface area (Å²) in [5.74, 6) is -1.70. The van der Waals surface area contributed by atoms with Crippen LogP contribution in [-0.2, 0) is 15.0 Å². The number of carboxylic acid groups (broad SMARTS) is 1. The van der Waals surface area contributed by atoms with E-state index in [2.05, 4.69) is 31.4 Å². The van der Waals surface area contributed by atoms with Crippen molar-refractivity contribution in [3.05, 3.63) is 65.2 Å². The predicted octanol–water partition coefficient (Wildman–Crippen LogP) is 2.94. The summed E-state index contributed by atoms with van der Waals surface area (Å²) < 4.78 is 5.20. The van der Waals surface area contributed by atoms with Crippen molar-refractivity contribution in [2.45, 2.75) is 32.6 Å². The number of amides is 2. The van der Waals surface area contributed by atoms with Gasteiger partial charge in [-0.15, -0.1) is 0 Å². The molecule has 7 nitrogen and oxygen atoms in total. The van der Waals surface area contributed by atoms with Gasteiger partial charge in [0, 0.05) is 18.2 Å². The summed E-state index contributed by atoms with van der Waals surface area (Å²) in [5, 5.41) is 13.7. The second-order valence-corrected chi connectivity index (χ2v) is 7.25. The topological polar surface area (TPSA) is 109 Å². The van der Waals surface area contributed by atoms with Gasteiger partial charge in [-0.25, -0.2) is 0 Å². The van der Waals surface area contributed by atoms with Crippen molar-refractivity contribution in [2.75, 3.05) is 6.54 Å². The van der Waals surface area contributed by atoms with E-state index in [9.17, 15) is 14.4 Å². The van der Waals surface area contributed by atoms with Gasteiger partial charge in [-0.05, 0) is 35.2 Å². The van der Waals surface area contributed by atoms with Gasteiger partial charge in [-0.1, -0.05) is 32.9 Å². The van der Waals surface area contributed by atoms with Gasteiger partial charge in [0.1, 0.15) is 11.5 Å². The summed E-state index contributed by atoms with van der Waals surface area (Å²) in [4.78, 5) is 35.6. The number of carbonyl (C=O) groups excluding carboxylic acids is 2. The molecular formula is C21H24N2O5. The molecule has 0 atom stereocenters. The van der Waals surface area contributed by atoms with Crippen LogP contribution in [0.5, 0.6) is 0 Å². The van der Waals surface area contributed by atoms with Crippen molar-refractivity contribution in [1.29, 1.82) is 0 Å². The first-order valence-corrected chi connectivity index (χ1v) is 8.84. The number of aliphatic carboxylic acids is 1. The minimum atomic E-state index is -1.03. The Morgan fingerprint density at radius 1 is 1.11 bits per heavy atom. The van der Waals surface area contributed by atoms with Crippen molar-refractivity contribution in [3.8, 4) is 0 Å². The minimum Gasteiger partial charge on any atom is -0.481 e. The average Bonchev–Trinajstić information content (AvgIpc) is 3.13. The van der Waals surface area contributed by atoms with E-state index in [0.717, 1.165) is 5.56 Å². The van der Waals surface area contributed by atoms with Gasteiger partial charge in [0.15, 0.2) is 0 Å². The molecule has 148 valence electrons. The first kappa shape index (κ1) is 21.0. The Morgan fingerprint density at radius 3 is 2.32 bits per heavy atom. The average molecular weight is 384 g/mol. The Labute approximate surface area is 163 Å². The fraction of sp³-hybridized carbons (Fsp3) is 0.286. The quantitative estimate of drug-likeness (QED) is 0.636. The summed E-state index contributed by atoms with van der Waals surface area (Å²) >= 11 is 0. The largest absolute Gasteiger partial charge is 0.481 e. The van der Waals surface area contributed by atoms with Gasteiger partial charge in [-0.2, -0.15) is 0 Å². The maximum absolute atomic E-state index is 12.6. The van der Waals surface area contributed by atoms with E-state index in [1.54, 1.807) is 24.3 Å². The van der Waals surface area contributed by atoms with E-state index in [-0.39, 0.29) is 24.1 Å². The molecule has 7 heteroatoms. The van der Waals surface area contributed by atoms with Crippen molar-refractivity contribution in [2.24, 2.45) is 0 Å². The maximum Gasteiger partial charge on any atom is 0.305 e. The molecule has 0 aliphatic carbocycles. The molecule has 0 spiro atoms. The molecule has 0 aliphatic rings. The summed E-state index contributed by atoms with van der Waals surface area (Å²) in [5.41, 5.74) is 1.41. The standard InChI is InChI=1S/C21H24N2O5/c1-21(2,3)15-8-6-14(7-9-15)19(26)23-17(13-16-5-4-12-28-16)20(27)22-11-10-18(24)25/h4-9,12-13H,10-11H2,1-3H3,(H,22,27)(H,23,26)(H,24,25). The second kappa shape index (κ2) is 9.03. The lowest BCUT2D eigenvalue weighted by Crippen LogP contribution is -2.35. The van der Waals surface area contributed by atoms with E-state index < -0.39 is 17.8 Å². The number of benzene rings is 1. The lowest BCUT2D eigenvalue weighted by atomic mass is 9.87. The number of rotatable bonds is 7. The third-order valence-electron chi connectivity index (χ3n) is 3.96. The number of carboxylic acids is 1. The van der Waals surface area contributed by atoms with Crippen molar-refractivity contribution < 1.29 is 23.9 Å². The predicted molar refractivity (Wildman–Crippen MR) is 105 cm³/mol. The first-order chi connectivity index (χ1) is 13.2. The second-order valence-electron chi connectivity index (χ2n) is 7.25. The third kappa shape index (κ3) is 6.12. The van der Waals surface area contributed by atoms with Gasteiger partial charge >= 0.3 is 5.97 Å². The molecule has 0 fully saturated rings. The molecule has 0 radical (unpaired) electrons. The maximum atomic E-state index is 12.6. The lowest BCUT2D eigenvalue weighted by molar-refractivity contribution is -0.136. The fourth-order valence-corrected chi connectivity index (χ4v) is 2.37. The molecule has 0 bridgehead atoms. The zero-order chi connectivity index (χ0) is 20.7. The van der Waals surface area contributed by atoms with E-state index >= 15 is 0 Å². The summed E-state index contributed by atoms with van der Waals surface area (Å²) in [6.45, 7) is 6.18. The van der Waals surface area contributed by atoms with E-state index in [1.165, 1.54) is 12.3 Å². The van der Waals surface area contributed by atoms with Crippen LogP contribution in [0.3, 0.4) is 0 Å². The number of hydrogen-bond donors (Lipinski definition) is 3. The lowest BCUT2D eigenvalue weighted by Gasteiger charge is -2.19. The van der Waals surface area contributed by atoms with Crippen LogP contribution in [0.25, 0.3) is 6.08 Å². The zero-order valence-electron chi connectivity index (χ0n) is 16.1. The SMILES string of the molecule is CC(C)(C)c1ccc(C(=O)NC(=Cc2ccco2)C(=O)NCCC(=O)O)cc1. The molecule has 3 N–H and O–H groups in total. The first-order valence-electron chi connectivity index (χ1n) is 8.84. The highest BCUT2D eigenvalue weighted by molar-refractivity contribution is 6.05. The van der Waals surface area contributed by atoms with Crippen LogP contribution in [0.15, 0.2) is 52.8 Å². The highest BCUT2D eigenvalue weighted by atomic mass is 16.4. The molecule has 2 rings (SSSR count). The molecule has 28 heavy (non-hydrogen) atoms. The van der Waals surface area contributed by atoms with Crippen LogP contribution in [-0.4, -0.2) is 29.4 Å². The normalized spacial score (nSPS) is 11.8. The van der Waals surface area contributed by atoms with Crippen LogP contribution >= 0.6 is 0 Å². The number of carbonyl (C=O) groups is 3. The summed E-state index contributed by atoms with van der Waals surface area (Å²) in [6, 6.07) is 10.4. The molecule has 2 amide bonds. The molecule has 2 aromatic rings. The highest BCUT2D eigenvalue weighted by Gasteiger charge is 2.17. The van der Waals surface area contributed by atoms with Gasteiger partial charge in [-0.3, -0.25) is 14.4 Å². The van der Waals surface area contributed by atoms with Crippen LogP contribution in [0.4, 0.5) is 0 Å². The summed E-state index contributed by atoms with van der Waals surface area (Å²) in [6.07, 6.45) is 2.61. The van der Waals surface area contributed by atoms with Gasteiger partial charge in [0.25, 0.3) is 11.8 Å². The molecular weight excluding hydrogens is 360 g/mol. The van der Waals surface area contributed by atoms with Crippen LogP contribution < -0.4 is 10.6 Å². The monoisotopic (exact) mass is 384 g/mol. The van der Waals surface area contributed by atoms with Gasteiger partial charge in [0.05, 0.1) is 12.7 Å². The van der Waals surface area contributed by atoms with Crippen molar-refractivity contribution in [1.82, 2.24) is 10.6 Å². The van der Waals surface area contributed by atoms with E-state index in [4.69, 9.17) is 9.52 Å². The Bertz CT molecular complexity index is 859. The van der Waals surface area contributed by atoms with Gasteiger partial charge in [0.2, 0.25) is 0 Å². The Morgan fingerprint density at radius 2 is 1.79 bits per heavy atom. The molecule has 0 saturated carbocycles. The highest BCUT2D eigenvalue weighted by Crippen LogP contribution is 2.22. The number of furan rings is 1. The Balaban J connectivity index is 2.16. The minimum absolute atomic E-state index is 0.0368. The van der Waals surface area contributed by atoms with Crippen molar-refractivity contribution in [3.63, 3.8) is 0 Å². The van der Waals surface area contributed by atoms with Crippen LogP contribution in [0.1, 0.15) is 48.9 Å². The summed E-state index contributed by atoms with van der Waals surface area (Å²) in [7, 11) is 0. The molecule has 0 unspecified atom stereocenters. The number of hydrogen-bond acceptors (Lipinski definition) is 4. The van der Waals surface area contributed by atoms with E-state index in [1.807, 2.05) is 12.1 Å². The molecule has 1 aromatic carbocycles. The van der Waals surface area contributed by atoms with Gasteiger partial charge < -0.3 is 20.2 Å². The zero-order valence-corrected chi connectivity index (χ0v) is 16.1. The molecule has 1 aromatic heterocycles. The van der Waals surface area contributed by atoms with Crippen LogP contribution in [0, 0.1) is 0 Å². The third-order valence-corrected chi connectivity index (χ3v) is 3.96. The number of nitrogens with one attached hydrogen (secondary N) is 2. The molecule has 0 saturated heterocycles. The Kier molecular flexibility index (Phi) is 6.76. The van der Waals surface area contributed by atoms with E-state index in [0.29, 0.717) is 11.3 Å². The fourth-order valence-electron chi connectivity index (χ4n) is 2.37. The molecule has 0 aliphatic heterocycles. The molecule has 1 heterocycles. The van der Waals surface area contributed by atoms with Crippen molar-refractivity contribution >= 4 is 23.9 Å².